The number of amides is 2. The number of hydrogen-bond acceptors (Lipinski definition) is 9. The van der Waals surface area contributed by atoms with Gasteiger partial charge >= 0.3 is 11.7 Å². The lowest BCUT2D eigenvalue weighted by Gasteiger charge is -2.47. The number of anilines is 1. The highest BCUT2D eigenvalue weighted by molar-refractivity contribution is 5.91. The third-order valence-electron chi connectivity index (χ3n) is 4.80. The largest absolute Gasteiger partial charge is 0.462 e. The summed E-state index contributed by atoms with van der Waals surface area (Å²) in [5.41, 5.74) is 3.60. The van der Waals surface area contributed by atoms with Gasteiger partial charge in [0.2, 0.25) is 12.2 Å². The van der Waals surface area contributed by atoms with Crippen molar-refractivity contribution in [3.8, 4) is 5.75 Å². The smallest absolute Gasteiger partial charge is 0.404 e. The minimum absolute atomic E-state index is 0.0125. The molecule has 2 amide bonds. The van der Waals surface area contributed by atoms with Crippen molar-refractivity contribution in [3.05, 3.63) is 34.7 Å². The molecular weight excluding hydrogens is 412 g/mol. The Morgan fingerprint density at radius 2 is 1.97 bits per heavy atom. The Hall–Kier alpha value is -3.15. The van der Waals surface area contributed by atoms with E-state index in [9.17, 15) is 19.5 Å². The number of methoxy groups -OCH3 is 1. The number of hydrogen-bond donors (Lipinski definition) is 3. The summed E-state index contributed by atoms with van der Waals surface area (Å²) >= 11 is 0. The molecule has 0 saturated carbocycles. The molecule has 0 spiro atoms. The number of aliphatic hydroxyl groups is 1. The minimum atomic E-state index is -1.42. The van der Waals surface area contributed by atoms with E-state index in [4.69, 9.17) is 29.1 Å². The van der Waals surface area contributed by atoms with Crippen LogP contribution in [0.15, 0.2) is 33.5 Å². The first-order valence-electron chi connectivity index (χ1n) is 9.38. The number of carbonyl (C=O) groups is 2. The van der Waals surface area contributed by atoms with Gasteiger partial charge in [-0.15, -0.1) is 0 Å². The number of fused-ring (bicyclic) bond motifs is 1. The van der Waals surface area contributed by atoms with Gasteiger partial charge in [0, 0.05) is 25.5 Å². The highest BCUT2D eigenvalue weighted by atomic mass is 16.7. The van der Waals surface area contributed by atoms with Crippen molar-refractivity contribution >= 4 is 28.7 Å². The number of rotatable bonds is 5. The summed E-state index contributed by atoms with van der Waals surface area (Å²) in [5.74, 6) is -0.184. The van der Waals surface area contributed by atoms with Crippen LogP contribution in [-0.2, 0) is 19.0 Å². The molecule has 3 rings (SSSR count). The summed E-state index contributed by atoms with van der Waals surface area (Å²) in [6.45, 7) is 4.65. The second-order valence-electron chi connectivity index (χ2n) is 7.58. The van der Waals surface area contributed by atoms with E-state index < -0.39 is 47.8 Å². The Kier molecular flexibility index (Phi) is 6.20. The van der Waals surface area contributed by atoms with Gasteiger partial charge in [0.15, 0.2) is 12.2 Å². The van der Waals surface area contributed by atoms with Crippen molar-refractivity contribution in [3.63, 3.8) is 0 Å². The third kappa shape index (κ3) is 4.79. The molecule has 1 aromatic heterocycles. The van der Waals surface area contributed by atoms with E-state index in [0.717, 1.165) is 0 Å². The molecule has 11 nitrogen and oxygen atoms in total. The summed E-state index contributed by atoms with van der Waals surface area (Å²) in [5, 5.41) is 13.6. The van der Waals surface area contributed by atoms with E-state index in [-0.39, 0.29) is 17.0 Å². The van der Waals surface area contributed by atoms with Crippen LogP contribution in [0.25, 0.3) is 11.0 Å². The first-order valence-corrected chi connectivity index (χ1v) is 9.38. The number of nitrogens with two attached hydrogens (primary N) is 1. The molecule has 1 unspecified atom stereocenters. The van der Waals surface area contributed by atoms with Crippen LogP contribution in [0.1, 0.15) is 20.8 Å². The predicted octanol–water partition coefficient (Wildman–Crippen LogP) is 1.10. The van der Waals surface area contributed by atoms with Gasteiger partial charge in [-0.05, 0) is 32.0 Å². The monoisotopic (exact) mass is 436 g/mol. The molecule has 31 heavy (non-hydrogen) atoms. The van der Waals surface area contributed by atoms with Crippen molar-refractivity contribution in [1.29, 1.82) is 0 Å². The van der Waals surface area contributed by atoms with Gasteiger partial charge in [-0.3, -0.25) is 4.79 Å². The molecule has 0 radical (unpaired) electrons. The van der Waals surface area contributed by atoms with Crippen LogP contribution < -0.4 is 21.4 Å². The Balaban J connectivity index is 1.88. The summed E-state index contributed by atoms with van der Waals surface area (Å²) in [7, 11) is 1.39. The average Bonchev–Trinajstić information content (AvgIpc) is 2.65. The fraction of sp³-hybridized carbons (Fsp3) is 0.450. The quantitative estimate of drug-likeness (QED) is 0.583. The fourth-order valence-corrected chi connectivity index (χ4v) is 3.52. The Morgan fingerprint density at radius 1 is 1.26 bits per heavy atom. The van der Waals surface area contributed by atoms with E-state index in [2.05, 4.69) is 5.32 Å². The number of aliphatic hydroxyl groups excluding tert-OH is 1. The molecule has 4 atom stereocenters. The molecule has 1 aliphatic rings. The molecule has 4 N–H and O–H groups in total. The van der Waals surface area contributed by atoms with Crippen LogP contribution in [0.3, 0.4) is 0 Å². The van der Waals surface area contributed by atoms with Gasteiger partial charge in [-0.25, -0.2) is 9.59 Å². The summed E-state index contributed by atoms with van der Waals surface area (Å²) in [6, 6.07) is 6.08. The minimum Gasteiger partial charge on any atom is -0.462 e. The molecule has 2 aromatic rings. The van der Waals surface area contributed by atoms with Gasteiger partial charge in [0.1, 0.15) is 23.1 Å². The number of carbonyl (C=O) groups excluding carboxylic acids is 2. The van der Waals surface area contributed by atoms with Gasteiger partial charge in [0.05, 0.1) is 5.60 Å². The lowest BCUT2D eigenvalue weighted by atomic mass is 9.89. The maximum atomic E-state index is 12.1. The molecule has 1 aliphatic heterocycles. The SMILES string of the molecule is CO[C@@H]1[C@@H](OC(N)=O)[C@H](O)C(Oc2ccc3cc(NC(C)=O)c(=O)oc3c2)OC1(C)C. The van der Waals surface area contributed by atoms with Crippen LogP contribution in [-0.4, -0.2) is 54.4 Å². The molecule has 0 bridgehead atoms. The van der Waals surface area contributed by atoms with Crippen LogP contribution in [0, 0.1) is 0 Å². The zero-order chi connectivity index (χ0) is 22.9. The zero-order valence-corrected chi connectivity index (χ0v) is 17.4. The van der Waals surface area contributed by atoms with Crippen molar-refractivity contribution in [2.75, 3.05) is 12.4 Å². The third-order valence-corrected chi connectivity index (χ3v) is 4.80. The van der Waals surface area contributed by atoms with Crippen LogP contribution in [0.5, 0.6) is 5.75 Å². The first kappa shape index (κ1) is 22.5. The van der Waals surface area contributed by atoms with E-state index in [1.165, 1.54) is 26.2 Å². The number of ether oxygens (including phenoxy) is 4. The molecule has 168 valence electrons. The zero-order valence-electron chi connectivity index (χ0n) is 17.4. The Labute approximate surface area is 177 Å². The Bertz CT molecular complexity index is 1050. The van der Waals surface area contributed by atoms with Crippen LogP contribution in [0.2, 0.25) is 0 Å². The second kappa shape index (κ2) is 8.53. The van der Waals surface area contributed by atoms with Crippen LogP contribution in [0.4, 0.5) is 10.5 Å². The summed E-state index contributed by atoms with van der Waals surface area (Å²) in [4.78, 5) is 34.6. The van der Waals surface area contributed by atoms with Crippen molar-refractivity contribution in [2.45, 2.75) is 51.0 Å². The first-order chi connectivity index (χ1) is 14.5. The molecule has 0 aliphatic carbocycles. The summed E-state index contributed by atoms with van der Waals surface area (Å²) < 4.78 is 27.2. The molecular formula is C20H24N2O9. The van der Waals surface area contributed by atoms with Gasteiger partial charge < -0.3 is 39.5 Å². The van der Waals surface area contributed by atoms with Crippen molar-refractivity contribution in [2.24, 2.45) is 5.73 Å². The van der Waals surface area contributed by atoms with E-state index in [1.54, 1.807) is 26.0 Å². The highest BCUT2D eigenvalue weighted by Crippen LogP contribution is 2.34. The van der Waals surface area contributed by atoms with Crippen molar-refractivity contribution in [1.82, 2.24) is 0 Å². The summed E-state index contributed by atoms with van der Waals surface area (Å²) in [6.07, 6.45) is -5.69. The number of benzene rings is 1. The fourth-order valence-electron chi connectivity index (χ4n) is 3.52. The average molecular weight is 436 g/mol. The lowest BCUT2D eigenvalue weighted by Crippen LogP contribution is -2.65. The van der Waals surface area contributed by atoms with E-state index in [1.807, 2.05) is 0 Å². The van der Waals surface area contributed by atoms with E-state index in [0.29, 0.717) is 5.39 Å². The maximum Gasteiger partial charge on any atom is 0.404 e. The van der Waals surface area contributed by atoms with Gasteiger partial charge in [-0.1, -0.05) is 0 Å². The molecule has 1 fully saturated rings. The second-order valence-corrected chi connectivity index (χ2v) is 7.58. The van der Waals surface area contributed by atoms with Crippen molar-refractivity contribution < 1.29 is 38.1 Å². The topological polar surface area (TPSA) is 160 Å². The van der Waals surface area contributed by atoms with Gasteiger partial charge in [-0.2, -0.15) is 0 Å². The number of primary amides is 1. The molecule has 1 aromatic carbocycles. The standard InChI is InChI=1S/C20H24N2O9/c1-9(23)22-12-7-10-5-6-11(8-13(10)29-17(12)25)28-18-14(24)15(30-19(21)26)16(27-4)20(2,3)31-18/h5-8,14-16,18,24H,1-4H3,(H2,21,26)(H,22,23)/t14-,15-,16+,18?/m0/s1. The number of nitrogens with one attached hydrogen (secondary N) is 1. The predicted molar refractivity (Wildman–Crippen MR) is 108 cm³/mol. The van der Waals surface area contributed by atoms with Gasteiger partial charge in [0.25, 0.3) is 0 Å². The highest BCUT2D eigenvalue weighted by Gasteiger charge is 2.53. The maximum absolute atomic E-state index is 12.1. The Morgan fingerprint density at radius 3 is 2.58 bits per heavy atom. The molecule has 1 saturated heterocycles. The normalized spacial score (nSPS) is 25.1. The molecule has 11 heteroatoms. The van der Waals surface area contributed by atoms with E-state index >= 15 is 0 Å². The molecule has 2 heterocycles. The lowest BCUT2D eigenvalue weighted by molar-refractivity contribution is -0.304. The van der Waals surface area contributed by atoms with Crippen LogP contribution >= 0.6 is 0 Å².